The Morgan fingerprint density at radius 1 is 1.06 bits per heavy atom. The first-order valence-electron chi connectivity index (χ1n) is 10.4. The van der Waals surface area contributed by atoms with Gasteiger partial charge in [-0.25, -0.2) is 21.9 Å². The summed E-state index contributed by atoms with van der Waals surface area (Å²) in [5, 5.41) is 4.57. The third-order valence-electron chi connectivity index (χ3n) is 6.19. The number of hydrogen-bond acceptors (Lipinski definition) is 5. The van der Waals surface area contributed by atoms with E-state index < -0.39 is 39.2 Å². The zero-order valence-electron chi connectivity index (χ0n) is 17.6. The number of rotatable bonds is 6. The number of imide groups is 1. The van der Waals surface area contributed by atoms with Crippen molar-refractivity contribution in [3.8, 4) is 0 Å². The molecule has 1 atom stereocenters. The van der Waals surface area contributed by atoms with E-state index in [9.17, 15) is 27.2 Å². The molecule has 0 bridgehead atoms. The minimum atomic E-state index is -3.96. The zero-order valence-corrected chi connectivity index (χ0v) is 18.4. The molecule has 2 aliphatic heterocycles. The molecule has 4 N–H and O–H groups in total. The van der Waals surface area contributed by atoms with Crippen molar-refractivity contribution in [2.75, 3.05) is 18.8 Å². The molecule has 0 aliphatic carbocycles. The molecule has 4 amide bonds. The van der Waals surface area contributed by atoms with E-state index in [1.165, 1.54) is 40.7 Å². The third kappa shape index (κ3) is 4.46. The van der Waals surface area contributed by atoms with Crippen molar-refractivity contribution in [1.82, 2.24) is 14.9 Å². The SMILES string of the molecule is NC(=O)c1ccc(C2(CS(=O)(=O)N3CCC(c4ccc(F)cc4)CC3)NC(=O)NC2=O)cc1. The summed E-state index contributed by atoms with van der Waals surface area (Å²) in [6, 6.07) is 10.9. The largest absolute Gasteiger partial charge is 0.366 e. The van der Waals surface area contributed by atoms with Gasteiger partial charge in [0, 0.05) is 18.7 Å². The second-order valence-electron chi connectivity index (χ2n) is 8.24. The van der Waals surface area contributed by atoms with Gasteiger partial charge in [0.15, 0.2) is 5.54 Å². The molecule has 174 valence electrons. The molecule has 0 aromatic heterocycles. The number of nitrogens with two attached hydrogens (primary N) is 1. The van der Waals surface area contributed by atoms with Crippen molar-refractivity contribution in [1.29, 1.82) is 0 Å². The first-order valence-corrected chi connectivity index (χ1v) is 12.0. The molecular weight excluding hydrogens is 451 g/mol. The standard InChI is InChI=1S/C22H23FN4O5S/c23-18-7-3-14(4-8-18)15-9-11-27(12-10-15)33(31,32)13-22(20(29)25-21(30)26-22)17-5-1-16(2-6-17)19(24)28/h1-8,15H,9-13H2,(H2,24,28)(H2,25,26,29,30). The van der Waals surface area contributed by atoms with Gasteiger partial charge >= 0.3 is 6.03 Å². The Hall–Kier alpha value is -3.31. The van der Waals surface area contributed by atoms with Crippen LogP contribution in [-0.4, -0.2) is 49.4 Å². The van der Waals surface area contributed by atoms with Crippen molar-refractivity contribution in [3.05, 3.63) is 71.0 Å². The minimum Gasteiger partial charge on any atom is -0.366 e. The lowest BCUT2D eigenvalue weighted by atomic mass is 9.90. The second-order valence-corrected chi connectivity index (χ2v) is 10.2. The smallest absolute Gasteiger partial charge is 0.322 e. The number of amides is 4. The van der Waals surface area contributed by atoms with Gasteiger partial charge < -0.3 is 11.1 Å². The number of sulfonamides is 1. The van der Waals surface area contributed by atoms with Crippen LogP contribution in [0.2, 0.25) is 0 Å². The summed E-state index contributed by atoms with van der Waals surface area (Å²) in [6.45, 7) is 0.466. The molecule has 2 aromatic carbocycles. The van der Waals surface area contributed by atoms with Crippen LogP contribution in [-0.2, 0) is 20.4 Å². The molecule has 1 unspecified atom stereocenters. The first-order chi connectivity index (χ1) is 15.6. The summed E-state index contributed by atoms with van der Waals surface area (Å²) in [5.41, 5.74) is 4.77. The summed E-state index contributed by atoms with van der Waals surface area (Å²) in [7, 11) is -3.96. The van der Waals surface area contributed by atoms with Gasteiger partial charge in [0.25, 0.3) is 5.91 Å². The number of carbonyl (C=O) groups is 3. The van der Waals surface area contributed by atoms with E-state index in [0.717, 1.165) is 5.56 Å². The molecule has 11 heteroatoms. The Morgan fingerprint density at radius 3 is 2.18 bits per heavy atom. The van der Waals surface area contributed by atoms with Crippen LogP contribution in [0.15, 0.2) is 48.5 Å². The minimum absolute atomic E-state index is 0.0989. The number of halogens is 1. The summed E-state index contributed by atoms with van der Waals surface area (Å²) in [6.07, 6.45) is 1.09. The molecule has 0 saturated carbocycles. The van der Waals surface area contributed by atoms with Gasteiger partial charge in [-0.15, -0.1) is 0 Å². The Balaban J connectivity index is 1.55. The number of carbonyl (C=O) groups excluding carboxylic acids is 3. The van der Waals surface area contributed by atoms with Crippen molar-refractivity contribution < 1.29 is 27.2 Å². The van der Waals surface area contributed by atoms with Crippen LogP contribution in [0.25, 0.3) is 0 Å². The number of nitrogens with one attached hydrogen (secondary N) is 2. The van der Waals surface area contributed by atoms with Crippen LogP contribution in [0.4, 0.5) is 9.18 Å². The molecule has 33 heavy (non-hydrogen) atoms. The Labute approximate surface area is 190 Å². The molecule has 2 saturated heterocycles. The second kappa shape index (κ2) is 8.56. The summed E-state index contributed by atoms with van der Waals surface area (Å²) < 4.78 is 41.1. The number of primary amides is 1. The predicted octanol–water partition coefficient (Wildman–Crippen LogP) is 1.17. The fraction of sp³-hybridized carbons (Fsp3) is 0.318. The van der Waals surface area contributed by atoms with Crippen LogP contribution < -0.4 is 16.4 Å². The third-order valence-corrected chi connectivity index (χ3v) is 8.14. The highest BCUT2D eigenvalue weighted by Gasteiger charge is 2.51. The number of nitrogens with zero attached hydrogens (tertiary/aromatic N) is 1. The molecule has 4 rings (SSSR count). The van der Waals surface area contributed by atoms with Crippen molar-refractivity contribution in [2.45, 2.75) is 24.3 Å². The number of urea groups is 1. The monoisotopic (exact) mass is 474 g/mol. The molecule has 0 radical (unpaired) electrons. The van der Waals surface area contributed by atoms with Gasteiger partial charge in [-0.3, -0.25) is 14.9 Å². The van der Waals surface area contributed by atoms with Crippen molar-refractivity contribution in [3.63, 3.8) is 0 Å². The maximum Gasteiger partial charge on any atom is 0.322 e. The first kappa shape index (κ1) is 22.9. The van der Waals surface area contributed by atoms with E-state index in [2.05, 4.69) is 10.6 Å². The number of benzene rings is 2. The topological polar surface area (TPSA) is 139 Å². The summed E-state index contributed by atoms with van der Waals surface area (Å²) in [4.78, 5) is 36.1. The van der Waals surface area contributed by atoms with Gasteiger partial charge in [0.2, 0.25) is 15.9 Å². The maximum atomic E-state index is 13.3. The van der Waals surface area contributed by atoms with Gasteiger partial charge in [-0.05, 0) is 54.2 Å². The van der Waals surface area contributed by atoms with E-state index in [4.69, 9.17) is 5.73 Å². The Kier molecular flexibility index (Phi) is 5.93. The fourth-order valence-corrected chi connectivity index (χ4v) is 6.23. The highest BCUT2D eigenvalue weighted by atomic mass is 32.2. The van der Waals surface area contributed by atoms with Gasteiger partial charge in [-0.1, -0.05) is 24.3 Å². The van der Waals surface area contributed by atoms with Crippen LogP contribution in [0.3, 0.4) is 0 Å². The summed E-state index contributed by atoms with van der Waals surface area (Å²) in [5.74, 6) is -2.36. The van der Waals surface area contributed by atoms with E-state index >= 15 is 0 Å². The Morgan fingerprint density at radius 2 is 1.67 bits per heavy atom. The lowest BCUT2D eigenvalue weighted by Gasteiger charge is -2.34. The van der Waals surface area contributed by atoms with Crippen LogP contribution in [0.1, 0.15) is 40.2 Å². The van der Waals surface area contributed by atoms with E-state index in [0.29, 0.717) is 12.8 Å². The fourth-order valence-electron chi connectivity index (χ4n) is 4.37. The van der Waals surface area contributed by atoms with Gasteiger partial charge in [0.1, 0.15) is 11.6 Å². The highest BCUT2D eigenvalue weighted by Crippen LogP contribution is 2.32. The van der Waals surface area contributed by atoms with Crippen LogP contribution in [0.5, 0.6) is 0 Å². The van der Waals surface area contributed by atoms with Gasteiger partial charge in [0.05, 0.1) is 0 Å². The van der Waals surface area contributed by atoms with E-state index in [1.54, 1.807) is 12.1 Å². The zero-order chi connectivity index (χ0) is 23.8. The van der Waals surface area contributed by atoms with Crippen LogP contribution >= 0.6 is 0 Å². The summed E-state index contributed by atoms with van der Waals surface area (Å²) >= 11 is 0. The maximum absolute atomic E-state index is 13.3. The quantitative estimate of drug-likeness (QED) is 0.540. The molecule has 2 heterocycles. The predicted molar refractivity (Wildman–Crippen MR) is 117 cm³/mol. The number of piperidine rings is 1. The molecule has 2 aromatic rings. The average Bonchev–Trinajstić information content (AvgIpc) is 3.07. The average molecular weight is 475 g/mol. The molecule has 2 fully saturated rings. The molecule has 9 nitrogen and oxygen atoms in total. The molecular formula is C22H23FN4O5S. The van der Waals surface area contributed by atoms with Crippen LogP contribution in [0, 0.1) is 5.82 Å². The van der Waals surface area contributed by atoms with E-state index in [1.807, 2.05) is 0 Å². The molecule has 0 spiro atoms. The Bertz CT molecular complexity index is 1190. The van der Waals surface area contributed by atoms with Gasteiger partial charge in [-0.2, -0.15) is 0 Å². The lowest BCUT2D eigenvalue weighted by molar-refractivity contribution is -0.123. The van der Waals surface area contributed by atoms with Crippen molar-refractivity contribution >= 4 is 27.9 Å². The molecule has 2 aliphatic rings. The lowest BCUT2D eigenvalue weighted by Crippen LogP contribution is -2.53. The van der Waals surface area contributed by atoms with Crippen molar-refractivity contribution in [2.24, 2.45) is 5.73 Å². The number of hydrogen-bond donors (Lipinski definition) is 3. The van der Waals surface area contributed by atoms with E-state index in [-0.39, 0.29) is 36.0 Å². The highest BCUT2D eigenvalue weighted by molar-refractivity contribution is 7.89. The normalized spacial score (nSPS) is 22.1.